The zero-order valence-electron chi connectivity index (χ0n) is 15.1. The van der Waals surface area contributed by atoms with E-state index in [1.165, 1.54) is 12.1 Å². The standard InChI is InChI=1S/C21H22ClFN2O2/c1-13-11-16(22)9-10-19(13)25-21(27)15-7-5-14(6-8-15)20(26)24-18-4-2-3-17(23)12-18/h2-4,9-12,14-15H,5-8H2,1H3,(H,24,26)(H,25,27). The van der Waals surface area contributed by atoms with Gasteiger partial charge in [-0.05, 0) is 74.6 Å². The van der Waals surface area contributed by atoms with Gasteiger partial charge in [-0.25, -0.2) is 4.39 Å². The molecule has 1 saturated carbocycles. The van der Waals surface area contributed by atoms with Crippen LogP contribution in [0.3, 0.4) is 0 Å². The summed E-state index contributed by atoms with van der Waals surface area (Å²) in [6.45, 7) is 1.90. The lowest BCUT2D eigenvalue weighted by Crippen LogP contribution is -2.32. The summed E-state index contributed by atoms with van der Waals surface area (Å²) >= 11 is 5.94. The zero-order valence-corrected chi connectivity index (χ0v) is 15.9. The summed E-state index contributed by atoms with van der Waals surface area (Å²) in [6, 6.07) is 11.2. The third-order valence-corrected chi connectivity index (χ3v) is 5.24. The molecule has 1 aliphatic carbocycles. The van der Waals surface area contributed by atoms with E-state index in [4.69, 9.17) is 11.6 Å². The largest absolute Gasteiger partial charge is 0.326 e. The summed E-state index contributed by atoms with van der Waals surface area (Å²) in [5.41, 5.74) is 2.13. The summed E-state index contributed by atoms with van der Waals surface area (Å²) in [5, 5.41) is 6.35. The Kier molecular flexibility index (Phi) is 6.11. The minimum absolute atomic E-state index is 0.0237. The van der Waals surface area contributed by atoms with E-state index in [1.807, 2.05) is 13.0 Å². The molecule has 0 saturated heterocycles. The van der Waals surface area contributed by atoms with Gasteiger partial charge in [-0.1, -0.05) is 17.7 Å². The van der Waals surface area contributed by atoms with Crippen molar-refractivity contribution in [2.75, 3.05) is 10.6 Å². The first-order valence-corrected chi connectivity index (χ1v) is 9.43. The van der Waals surface area contributed by atoms with Crippen LogP contribution < -0.4 is 10.6 Å². The lowest BCUT2D eigenvalue weighted by atomic mass is 9.81. The van der Waals surface area contributed by atoms with Crippen LogP contribution in [0.25, 0.3) is 0 Å². The molecule has 27 heavy (non-hydrogen) atoms. The molecule has 0 spiro atoms. The van der Waals surface area contributed by atoms with E-state index in [0.717, 1.165) is 11.3 Å². The molecule has 1 fully saturated rings. The van der Waals surface area contributed by atoms with Gasteiger partial charge < -0.3 is 10.6 Å². The Hall–Kier alpha value is -2.40. The van der Waals surface area contributed by atoms with E-state index < -0.39 is 0 Å². The first-order valence-electron chi connectivity index (χ1n) is 9.06. The highest BCUT2D eigenvalue weighted by atomic mass is 35.5. The molecule has 0 heterocycles. The lowest BCUT2D eigenvalue weighted by Gasteiger charge is -2.27. The summed E-state index contributed by atoms with van der Waals surface area (Å²) in [4.78, 5) is 24.9. The molecule has 142 valence electrons. The van der Waals surface area contributed by atoms with Gasteiger partial charge in [0.2, 0.25) is 11.8 Å². The number of anilines is 2. The fraction of sp³-hybridized carbons (Fsp3) is 0.333. The fourth-order valence-electron chi connectivity index (χ4n) is 3.43. The minimum atomic E-state index is -0.384. The molecule has 6 heteroatoms. The molecule has 0 aromatic heterocycles. The van der Waals surface area contributed by atoms with E-state index in [0.29, 0.717) is 36.4 Å². The van der Waals surface area contributed by atoms with Crippen LogP contribution in [0, 0.1) is 24.6 Å². The molecule has 2 amide bonds. The Morgan fingerprint density at radius 3 is 2.19 bits per heavy atom. The molecule has 0 aliphatic heterocycles. The second-order valence-electron chi connectivity index (χ2n) is 7.00. The molecule has 4 nitrogen and oxygen atoms in total. The van der Waals surface area contributed by atoms with Crippen LogP contribution in [0.2, 0.25) is 5.02 Å². The first kappa shape index (κ1) is 19.4. The Morgan fingerprint density at radius 2 is 1.59 bits per heavy atom. The average Bonchev–Trinajstić information content (AvgIpc) is 2.64. The van der Waals surface area contributed by atoms with Gasteiger partial charge >= 0.3 is 0 Å². The van der Waals surface area contributed by atoms with Crippen molar-refractivity contribution < 1.29 is 14.0 Å². The third-order valence-electron chi connectivity index (χ3n) is 5.01. The second-order valence-corrected chi connectivity index (χ2v) is 7.43. The maximum Gasteiger partial charge on any atom is 0.227 e. The van der Waals surface area contributed by atoms with Gasteiger partial charge in [0.15, 0.2) is 0 Å². The molecule has 0 radical (unpaired) electrons. The quantitative estimate of drug-likeness (QED) is 0.758. The maximum atomic E-state index is 13.2. The van der Waals surface area contributed by atoms with E-state index in [-0.39, 0.29) is 29.5 Å². The summed E-state index contributed by atoms with van der Waals surface area (Å²) < 4.78 is 13.2. The van der Waals surface area contributed by atoms with Gasteiger partial charge in [-0.2, -0.15) is 0 Å². The van der Waals surface area contributed by atoms with Crippen molar-refractivity contribution in [1.29, 1.82) is 0 Å². The molecule has 2 N–H and O–H groups in total. The van der Waals surface area contributed by atoms with Gasteiger partial charge in [0.25, 0.3) is 0 Å². The second kappa shape index (κ2) is 8.53. The monoisotopic (exact) mass is 388 g/mol. The van der Waals surface area contributed by atoms with Crippen molar-refractivity contribution in [3.05, 3.63) is 58.9 Å². The van der Waals surface area contributed by atoms with Crippen LogP contribution in [-0.4, -0.2) is 11.8 Å². The van der Waals surface area contributed by atoms with Gasteiger partial charge in [0.05, 0.1) is 0 Å². The van der Waals surface area contributed by atoms with Crippen LogP contribution in [0.5, 0.6) is 0 Å². The van der Waals surface area contributed by atoms with Crippen LogP contribution in [0.4, 0.5) is 15.8 Å². The fourth-order valence-corrected chi connectivity index (χ4v) is 3.66. The van der Waals surface area contributed by atoms with Crippen molar-refractivity contribution in [2.45, 2.75) is 32.6 Å². The van der Waals surface area contributed by atoms with Crippen LogP contribution in [-0.2, 0) is 9.59 Å². The van der Waals surface area contributed by atoms with Crippen molar-refractivity contribution >= 4 is 34.8 Å². The normalized spacial score (nSPS) is 19.4. The molecule has 3 rings (SSSR count). The number of rotatable bonds is 4. The Balaban J connectivity index is 1.52. The Morgan fingerprint density at radius 1 is 0.963 bits per heavy atom. The van der Waals surface area contributed by atoms with Crippen molar-refractivity contribution in [2.24, 2.45) is 11.8 Å². The summed E-state index contributed by atoms with van der Waals surface area (Å²) in [6.07, 6.45) is 2.58. The maximum absolute atomic E-state index is 13.2. The van der Waals surface area contributed by atoms with Gasteiger partial charge in [-0.3, -0.25) is 9.59 Å². The third kappa shape index (κ3) is 5.07. The predicted octanol–water partition coefficient (Wildman–Crippen LogP) is 5.17. The van der Waals surface area contributed by atoms with Gasteiger partial charge in [-0.15, -0.1) is 0 Å². The Bertz CT molecular complexity index is 848. The molecule has 2 aromatic carbocycles. The molecule has 1 aliphatic rings. The smallest absolute Gasteiger partial charge is 0.227 e. The van der Waals surface area contributed by atoms with Crippen LogP contribution in [0.15, 0.2) is 42.5 Å². The number of hydrogen-bond acceptors (Lipinski definition) is 2. The number of nitrogens with one attached hydrogen (secondary N) is 2. The number of hydrogen-bond donors (Lipinski definition) is 2. The average molecular weight is 389 g/mol. The first-order chi connectivity index (χ1) is 12.9. The van der Waals surface area contributed by atoms with E-state index >= 15 is 0 Å². The molecule has 0 unspecified atom stereocenters. The lowest BCUT2D eigenvalue weighted by molar-refractivity contribution is -0.125. The number of amides is 2. The predicted molar refractivity (Wildman–Crippen MR) is 105 cm³/mol. The molecule has 2 aromatic rings. The zero-order chi connectivity index (χ0) is 19.4. The van der Waals surface area contributed by atoms with Gasteiger partial charge in [0.1, 0.15) is 5.82 Å². The highest BCUT2D eigenvalue weighted by molar-refractivity contribution is 6.30. The molecular formula is C21H22ClFN2O2. The highest BCUT2D eigenvalue weighted by Crippen LogP contribution is 2.31. The molecule has 0 atom stereocenters. The molecular weight excluding hydrogens is 367 g/mol. The van der Waals surface area contributed by atoms with E-state index in [9.17, 15) is 14.0 Å². The number of benzene rings is 2. The van der Waals surface area contributed by atoms with Crippen molar-refractivity contribution in [1.82, 2.24) is 0 Å². The van der Waals surface area contributed by atoms with E-state index in [1.54, 1.807) is 24.3 Å². The summed E-state index contributed by atoms with van der Waals surface area (Å²) in [7, 11) is 0. The Labute approximate surface area is 163 Å². The minimum Gasteiger partial charge on any atom is -0.326 e. The van der Waals surface area contributed by atoms with E-state index in [2.05, 4.69) is 10.6 Å². The van der Waals surface area contributed by atoms with Crippen molar-refractivity contribution in [3.63, 3.8) is 0 Å². The van der Waals surface area contributed by atoms with Crippen LogP contribution in [0.1, 0.15) is 31.2 Å². The number of halogens is 2. The highest BCUT2D eigenvalue weighted by Gasteiger charge is 2.30. The van der Waals surface area contributed by atoms with Crippen LogP contribution >= 0.6 is 11.6 Å². The van der Waals surface area contributed by atoms with Crippen molar-refractivity contribution in [3.8, 4) is 0 Å². The number of carbonyl (C=O) groups excluding carboxylic acids is 2. The number of carbonyl (C=O) groups is 2. The SMILES string of the molecule is Cc1cc(Cl)ccc1NC(=O)C1CCC(C(=O)Nc2cccc(F)c2)CC1. The topological polar surface area (TPSA) is 58.2 Å². The number of aryl methyl sites for hydroxylation is 1. The molecule has 0 bridgehead atoms. The summed E-state index contributed by atoms with van der Waals surface area (Å²) in [5.74, 6) is -0.795. The van der Waals surface area contributed by atoms with Gasteiger partial charge in [0, 0.05) is 28.2 Å².